The first-order valence-corrected chi connectivity index (χ1v) is 6.97. The van der Waals surface area contributed by atoms with Gasteiger partial charge in [-0.3, -0.25) is 4.79 Å². The predicted octanol–water partition coefficient (Wildman–Crippen LogP) is 3.45. The third-order valence-electron chi connectivity index (χ3n) is 4.09. The van der Waals surface area contributed by atoms with Gasteiger partial charge in [-0.05, 0) is 43.9 Å². The van der Waals surface area contributed by atoms with Crippen molar-refractivity contribution in [2.24, 2.45) is 5.92 Å². The number of ether oxygens (including phenoxy) is 1. The second-order valence-corrected chi connectivity index (χ2v) is 5.68. The summed E-state index contributed by atoms with van der Waals surface area (Å²) in [5, 5.41) is 10.3. The van der Waals surface area contributed by atoms with Crippen molar-refractivity contribution < 1.29 is 14.6 Å². The van der Waals surface area contributed by atoms with E-state index in [0.717, 1.165) is 40.8 Å². The number of H-pyrrole nitrogens is 1. The second kappa shape index (κ2) is 4.85. The van der Waals surface area contributed by atoms with E-state index in [1.807, 2.05) is 13.0 Å². The number of rotatable bonds is 5. The van der Waals surface area contributed by atoms with Crippen LogP contribution >= 0.6 is 0 Å². The molecule has 4 heteroatoms. The van der Waals surface area contributed by atoms with Crippen molar-refractivity contribution in [3.63, 3.8) is 0 Å². The Kier molecular flexibility index (Phi) is 3.16. The standard InChI is InChI=1S/C16H19NO3/c1-9-5-11-6-15(20-2)13(7-14(11)17-9)12(8-16(18)19)10-3-4-10/h5-7,10,12,17H,3-4,8H2,1-2H3,(H,18,19). The molecule has 1 fully saturated rings. The first kappa shape index (κ1) is 13.0. The molecule has 20 heavy (non-hydrogen) atoms. The van der Waals surface area contributed by atoms with Crippen LogP contribution in [0.1, 0.15) is 36.4 Å². The largest absolute Gasteiger partial charge is 0.496 e. The molecule has 0 spiro atoms. The average molecular weight is 273 g/mol. The van der Waals surface area contributed by atoms with E-state index in [1.165, 1.54) is 0 Å². The van der Waals surface area contributed by atoms with Gasteiger partial charge >= 0.3 is 5.97 Å². The highest BCUT2D eigenvalue weighted by Gasteiger charge is 2.35. The van der Waals surface area contributed by atoms with Crippen LogP contribution in [-0.2, 0) is 4.79 Å². The van der Waals surface area contributed by atoms with Crippen LogP contribution < -0.4 is 4.74 Å². The maximum Gasteiger partial charge on any atom is 0.303 e. The lowest BCUT2D eigenvalue weighted by Crippen LogP contribution is -2.09. The molecular weight excluding hydrogens is 254 g/mol. The van der Waals surface area contributed by atoms with E-state index in [2.05, 4.69) is 17.1 Å². The molecule has 1 saturated carbocycles. The summed E-state index contributed by atoms with van der Waals surface area (Å²) in [7, 11) is 1.65. The molecule has 2 N–H and O–H groups in total. The van der Waals surface area contributed by atoms with Crippen molar-refractivity contribution >= 4 is 16.9 Å². The minimum absolute atomic E-state index is 0.0513. The molecule has 2 aromatic rings. The van der Waals surface area contributed by atoms with E-state index < -0.39 is 5.97 Å². The van der Waals surface area contributed by atoms with Gasteiger partial charge in [0, 0.05) is 28.1 Å². The van der Waals surface area contributed by atoms with Crippen LogP contribution in [0.2, 0.25) is 0 Å². The van der Waals surface area contributed by atoms with Gasteiger partial charge in [0.2, 0.25) is 0 Å². The summed E-state index contributed by atoms with van der Waals surface area (Å²) in [5.74, 6) is 0.588. The van der Waals surface area contributed by atoms with Crippen molar-refractivity contribution in [2.45, 2.75) is 32.1 Å². The zero-order valence-electron chi connectivity index (χ0n) is 11.8. The third-order valence-corrected chi connectivity index (χ3v) is 4.09. The van der Waals surface area contributed by atoms with Crippen LogP contribution in [-0.4, -0.2) is 23.2 Å². The fraction of sp³-hybridized carbons (Fsp3) is 0.438. The summed E-state index contributed by atoms with van der Waals surface area (Å²) >= 11 is 0. The highest BCUT2D eigenvalue weighted by molar-refractivity contribution is 5.83. The highest BCUT2D eigenvalue weighted by atomic mass is 16.5. The summed E-state index contributed by atoms with van der Waals surface area (Å²) < 4.78 is 5.50. The average Bonchev–Trinajstić information content (AvgIpc) is 3.16. The molecule has 1 aliphatic rings. The van der Waals surface area contributed by atoms with Gasteiger partial charge in [-0.1, -0.05) is 0 Å². The Hall–Kier alpha value is -1.97. The summed E-state index contributed by atoms with van der Waals surface area (Å²) in [6.07, 6.45) is 2.40. The van der Waals surface area contributed by atoms with Gasteiger partial charge in [-0.2, -0.15) is 0 Å². The normalized spacial score (nSPS) is 16.3. The molecule has 1 atom stereocenters. The summed E-state index contributed by atoms with van der Waals surface area (Å²) in [5.41, 5.74) is 3.17. The highest BCUT2D eigenvalue weighted by Crippen LogP contribution is 2.47. The number of aromatic amines is 1. The van der Waals surface area contributed by atoms with E-state index in [0.29, 0.717) is 5.92 Å². The molecular formula is C16H19NO3. The van der Waals surface area contributed by atoms with E-state index >= 15 is 0 Å². The molecule has 1 aromatic heterocycles. The van der Waals surface area contributed by atoms with Crippen LogP contribution in [0.4, 0.5) is 0 Å². The van der Waals surface area contributed by atoms with E-state index in [4.69, 9.17) is 9.84 Å². The van der Waals surface area contributed by atoms with Crippen molar-refractivity contribution in [3.05, 3.63) is 29.5 Å². The number of aromatic nitrogens is 1. The maximum atomic E-state index is 11.1. The van der Waals surface area contributed by atoms with Crippen molar-refractivity contribution in [1.82, 2.24) is 4.98 Å². The second-order valence-electron chi connectivity index (χ2n) is 5.68. The molecule has 0 amide bonds. The zero-order chi connectivity index (χ0) is 14.3. The summed E-state index contributed by atoms with van der Waals surface area (Å²) in [6.45, 7) is 2.02. The lowest BCUT2D eigenvalue weighted by atomic mass is 9.89. The molecule has 0 radical (unpaired) electrons. The lowest BCUT2D eigenvalue weighted by Gasteiger charge is -2.18. The Morgan fingerprint density at radius 2 is 2.20 bits per heavy atom. The first-order chi connectivity index (χ1) is 9.58. The molecule has 0 bridgehead atoms. The first-order valence-electron chi connectivity index (χ1n) is 6.97. The molecule has 1 unspecified atom stereocenters. The van der Waals surface area contributed by atoms with E-state index in [9.17, 15) is 4.79 Å². The topological polar surface area (TPSA) is 62.3 Å². The zero-order valence-corrected chi connectivity index (χ0v) is 11.8. The van der Waals surface area contributed by atoms with Crippen LogP contribution in [0, 0.1) is 12.8 Å². The van der Waals surface area contributed by atoms with Gasteiger partial charge < -0.3 is 14.8 Å². The number of aryl methyl sites for hydroxylation is 1. The number of aliphatic carboxylic acids is 1. The van der Waals surface area contributed by atoms with Crippen LogP contribution in [0.3, 0.4) is 0 Å². The summed E-state index contributed by atoms with van der Waals surface area (Å²) in [4.78, 5) is 14.4. The Balaban J connectivity index is 2.08. The third kappa shape index (κ3) is 2.38. The number of nitrogens with one attached hydrogen (secondary N) is 1. The van der Waals surface area contributed by atoms with Gasteiger partial charge in [0.05, 0.1) is 13.5 Å². The van der Waals surface area contributed by atoms with Crippen LogP contribution in [0.25, 0.3) is 10.9 Å². The van der Waals surface area contributed by atoms with Gasteiger partial charge in [0.25, 0.3) is 0 Å². The predicted molar refractivity (Wildman–Crippen MR) is 77.3 cm³/mol. The summed E-state index contributed by atoms with van der Waals surface area (Å²) in [6, 6.07) is 6.14. The van der Waals surface area contributed by atoms with Gasteiger partial charge in [0.15, 0.2) is 0 Å². The van der Waals surface area contributed by atoms with Crippen molar-refractivity contribution in [1.29, 1.82) is 0 Å². The Morgan fingerprint density at radius 1 is 1.45 bits per heavy atom. The fourth-order valence-corrected chi connectivity index (χ4v) is 3.01. The van der Waals surface area contributed by atoms with Crippen molar-refractivity contribution in [2.75, 3.05) is 7.11 Å². The van der Waals surface area contributed by atoms with Gasteiger partial charge in [-0.25, -0.2) is 0 Å². The number of benzene rings is 1. The van der Waals surface area contributed by atoms with E-state index in [-0.39, 0.29) is 12.3 Å². The number of hydrogen-bond acceptors (Lipinski definition) is 2. The monoisotopic (exact) mass is 273 g/mol. The smallest absolute Gasteiger partial charge is 0.303 e. The van der Waals surface area contributed by atoms with E-state index in [1.54, 1.807) is 7.11 Å². The molecule has 0 saturated heterocycles. The molecule has 4 nitrogen and oxygen atoms in total. The van der Waals surface area contributed by atoms with Gasteiger partial charge in [0.1, 0.15) is 5.75 Å². The minimum atomic E-state index is -0.744. The molecule has 3 rings (SSSR count). The van der Waals surface area contributed by atoms with Gasteiger partial charge in [-0.15, -0.1) is 0 Å². The molecule has 1 aliphatic carbocycles. The number of carboxylic acid groups (broad SMARTS) is 1. The maximum absolute atomic E-state index is 11.1. The van der Waals surface area contributed by atoms with Crippen LogP contribution in [0.15, 0.2) is 18.2 Å². The number of methoxy groups -OCH3 is 1. The number of carboxylic acids is 1. The SMILES string of the molecule is COc1cc2cc(C)[nH]c2cc1C(CC(=O)O)C1CC1. The number of hydrogen-bond donors (Lipinski definition) is 2. The quantitative estimate of drug-likeness (QED) is 0.877. The van der Waals surface area contributed by atoms with Crippen LogP contribution in [0.5, 0.6) is 5.75 Å². The lowest BCUT2D eigenvalue weighted by molar-refractivity contribution is -0.137. The molecule has 1 aromatic carbocycles. The molecule has 106 valence electrons. The minimum Gasteiger partial charge on any atom is -0.496 e. The fourth-order valence-electron chi connectivity index (χ4n) is 3.01. The Morgan fingerprint density at radius 3 is 2.80 bits per heavy atom. The van der Waals surface area contributed by atoms with Crippen molar-refractivity contribution in [3.8, 4) is 5.75 Å². The Labute approximate surface area is 117 Å². The number of carbonyl (C=O) groups is 1. The Bertz CT molecular complexity index is 655. The number of fused-ring (bicyclic) bond motifs is 1. The molecule has 1 heterocycles. The molecule has 0 aliphatic heterocycles.